The van der Waals surface area contributed by atoms with Crippen LogP contribution in [0.25, 0.3) is 0 Å². The minimum atomic E-state index is -0.142. The Morgan fingerprint density at radius 2 is 2.00 bits per heavy atom. The van der Waals surface area contributed by atoms with Gasteiger partial charge in [-0.1, -0.05) is 61.4 Å². The van der Waals surface area contributed by atoms with Gasteiger partial charge in [0, 0.05) is 18.2 Å². The third-order valence-corrected chi connectivity index (χ3v) is 5.77. The zero-order valence-corrected chi connectivity index (χ0v) is 15.9. The molecule has 0 spiro atoms. The van der Waals surface area contributed by atoms with Crippen molar-refractivity contribution >= 4 is 17.7 Å². The van der Waals surface area contributed by atoms with Gasteiger partial charge in [-0.15, -0.1) is 0 Å². The largest absolute Gasteiger partial charge is 0.352 e. The molecule has 0 aliphatic heterocycles. The van der Waals surface area contributed by atoms with E-state index in [1.54, 1.807) is 0 Å². The minimum absolute atomic E-state index is 0.121. The van der Waals surface area contributed by atoms with Crippen molar-refractivity contribution in [2.45, 2.75) is 68.8 Å². The fraction of sp³-hybridized carbons (Fsp3) is 0.500. The molecule has 1 aliphatic carbocycles. The Morgan fingerprint density at radius 1 is 1.28 bits per heavy atom. The first-order chi connectivity index (χ1) is 12.1. The van der Waals surface area contributed by atoms with Crippen LogP contribution in [0.2, 0.25) is 0 Å². The van der Waals surface area contributed by atoms with Crippen LogP contribution in [-0.2, 0) is 11.2 Å². The van der Waals surface area contributed by atoms with Crippen LogP contribution in [0.4, 0.5) is 0 Å². The van der Waals surface area contributed by atoms with Gasteiger partial charge in [-0.05, 0) is 32.3 Å². The first-order valence-corrected chi connectivity index (χ1v) is 10.1. The number of carbonyl (C=O) groups is 1. The molecule has 1 saturated carbocycles. The molecule has 134 valence electrons. The molecule has 3 rings (SSSR count). The molecule has 1 fully saturated rings. The van der Waals surface area contributed by atoms with E-state index in [0.29, 0.717) is 6.04 Å². The van der Waals surface area contributed by atoms with Crippen LogP contribution in [0.3, 0.4) is 0 Å². The van der Waals surface area contributed by atoms with E-state index in [9.17, 15) is 4.79 Å². The predicted molar refractivity (Wildman–Crippen MR) is 103 cm³/mol. The SMILES string of the molecule is Cc1[nH]c(SC(C)C(=O)NC2CCCCC2)nc1Cc1ccccc1. The number of rotatable bonds is 6. The molecule has 1 amide bonds. The van der Waals surface area contributed by atoms with Crippen molar-refractivity contribution in [1.82, 2.24) is 15.3 Å². The van der Waals surface area contributed by atoms with E-state index in [1.807, 2.05) is 32.0 Å². The molecule has 1 heterocycles. The molecule has 2 N–H and O–H groups in total. The van der Waals surface area contributed by atoms with Crippen LogP contribution >= 0.6 is 11.8 Å². The van der Waals surface area contributed by atoms with E-state index in [2.05, 4.69) is 22.4 Å². The molecule has 1 aromatic carbocycles. The normalized spacial score (nSPS) is 16.6. The van der Waals surface area contributed by atoms with Gasteiger partial charge in [0.2, 0.25) is 5.91 Å². The lowest BCUT2D eigenvalue weighted by atomic mass is 9.95. The van der Waals surface area contributed by atoms with Crippen molar-refractivity contribution in [3.05, 3.63) is 47.3 Å². The summed E-state index contributed by atoms with van der Waals surface area (Å²) in [5, 5.41) is 3.89. The number of aromatic nitrogens is 2. The van der Waals surface area contributed by atoms with Gasteiger partial charge in [-0.3, -0.25) is 4.79 Å². The lowest BCUT2D eigenvalue weighted by molar-refractivity contribution is -0.121. The summed E-state index contributed by atoms with van der Waals surface area (Å²) < 4.78 is 0. The molecule has 2 aromatic rings. The Kier molecular flexibility index (Phi) is 6.19. The highest BCUT2D eigenvalue weighted by atomic mass is 32.2. The van der Waals surface area contributed by atoms with Crippen LogP contribution in [-0.4, -0.2) is 27.2 Å². The highest BCUT2D eigenvalue weighted by Crippen LogP contribution is 2.24. The molecular weight excluding hydrogens is 330 g/mol. The zero-order chi connectivity index (χ0) is 17.6. The lowest BCUT2D eigenvalue weighted by Gasteiger charge is -2.24. The van der Waals surface area contributed by atoms with Gasteiger partial charge < -0.3 is 10.3 Å². The van der Waals surface area contributed by atoms with Crippen molar-refractivity contribution in [1.29, 1.82) is 0 Å². The summed E-state index contributed by atoms with van der Waals surface area (Å²) >= 11 is 1.51. The van der Waals surface area contributed by atoms with Crippen LogP contribution in [0, 0.1) is 6.92 Å². The number of carbonyl (C=O) groups excluding carboxylic acids is 1. The quantitative estimate of drug-likeness (QED) is 0.760. The van der Waals surface area contributed by atoms with Crippen molar-refractivity contribution < 1.29 is 4.79 Å². The number of H-pyrrole nitrogens is 1. The minimum Gasteiger partial charge on any atom is -0.352 e. The summed E-state index contributed by atoms with van der Waals surface area (Å²) in [5.41, 5.74) is 3.37. The number of thioether (sulfide) groups is 1. The molecule has 5 heteroatoms. The second kappa shape index (κ2) is 8.56. The van der Waals surface area contributed by atoms with E-state index in [1.165, 1.54) is 36.6 Å². The topological polar surface area (TPSA) is 57.8 Å². The average molecular weight is 358 g/mol. The van der Waals surface area contributed by atoms with E-state index >= 15 is 0 Å². The third-order valence-electron chi connectivity index (χ3n) is 4.79. The molecule has 25 heavy (non-hydrogen) atoms. The number of hydrogen-bond acceptors (Lipinski definition) is 3. The number of nitrogens with one attached hydrogen (secondary N) is 2. The number of nitrogens with zero attached hydrogens (tertiary/aromatic N) is 1. The van der Waals surface area contributed by atoms with E-state index in [-0.39, 0.29) is 11.2 Å². The van der Waals surface area contributed by atoms with Crippen molar-refractivity contribution in [3.63, 3.8) is 0 Å². The molecule has 1 aromatic heterocycles. The van der Waals surface area contributed by atoms with Gasteiger partial charge in [-0.2, -0.15) is 0 Å². The van der Waals surface area contributed by atoms with Crippen LogP contribution in [0.15, 0.2) is 35.5 Å². The van der Waals surface area contributed by atoms with Gasteiger partial charge in [-0.25, -0.2) is 4.98 Å². The fourth-order valence-corrected chi connectivity index (χ4v) is 4.16. The number of aryl methyl sites for hydroxylation is 1. The summed E-state index contributed by atoms with van der Waals surface area (Å²) in [6, 6.07) is 10.7. The summed E-state index contributed by atoms with van der Waals surface area (Å²) in [6.07, 6.45) is 6.80. The van der Waals surface area contributed by atoms with Gasteiger partial charge in [0.25, 0.3) is 0 Å². The van der Waals surface area contributed by atoms with Gasteiger partial charge in [0.05, 0.1) is 10.9 Å². The van der Waals surface area contributed by atoms with Crippen molar-refractivity contribution in [2.24, 2.45) is 0 Å². The van der Waals surface area contributed by atoms with E-state index in [4.69, 9.17) is 4.98 Å². The van der Waals surface area contributed by atoms with Crippen LogP contribution < -0.4 is 5.32 Å². The number of imidazole rings is 1. The molecule has 0 saturated heterocycles. The fourth-order valence-electron chi connectivity index (χ4n) is 3.27. The number of amides is 1. The summed E-state index contributed by atoms with van der Waals surface area (Å²) in [4.78, 5) is 20.5. The second-order valence-corrected chi connectivity index (χ2v) is 8.21. The Morgan fingerprint density at radius 3 is 2.72 bits per heavy atom. The molecule has 0 bridgehead atoms. The Hall–Kier alpha value is -1.75. The second-order valence-electron chi connectivity index (χ2n) is 6.88. The van der Waals surface area contributed by atoms with Crippen molar-refractivity contribution in [2.75, 3.05) is 0 Å². The maximum absolute atomic E-state index is 12.4. The smallest absolute Gasteiger partial charge is 0.233 e. The maximum atomic E-state index is 12.4. The van der Waals surface area contributed by atoms with Crippen LogP contribution in [0.1, 0.15) is 56.0 Å². The monoisotopic (exact) mass is 357 g/mol. The predicted octanol–water partition coefficient (Wildman–Crippen LogP) is 4.24. The highest BCUT2D eigenvalue weighted by molar-refractivity contribution is 8.00. The molecule has 4 nitrogen and oxygen atoms in total. The van der Waals surface area contributed by atoms with E-state index < -0.39 is 0 Å². The summed E-state index contributed by atoms with van der Waals surface area (Å²) in [5.74, 6) is 0.121. The molecular formula is C20H27N3OS. The average Bonchev–Trinajstić information content (AvgIpc) is 2.95. The maximum Gasteiger partial charge on any atom is 0.233 e. The van der Waals surface area contributed by atoms with Gasteiger partial charge in [0.15, 0.2) is 5.16 Å². The number of hydrogen-bond donors (Lipinski definition) is 2. The summed E-state index contributed by atoms with van der Waals surface area (Å²) in [6.45, 7) is 4.00. The molecule has 0 radical (unpaired) electrons. The van der Waals surface area contributed by atoms with Crippen molar-refractivity contribution in [3.8, 4) is 0 Å². The first kappa shape index (κ1) is 18.1. The Labute approximate surface area is 154 Å². The third kappa shape index (κ3) is 5.11. The Balaban J connectivity index is 1.56. The first-order valence-electron chi connectivity index (χ1n) is 9.18. The lowest BCUT2D eigenvalue weighted by Crippen LogP contribution is -2.40. The van der Waals surface area contributed by atoms with Gasteiger partial charge >= 0.3 is 0 Å². The van der Waals surface area contributed by atoms with E-state index in [0.717, 1.165) is 35.8 Å². The standard InChI is InChI=1S/C20H27N3OS/c1-14-18(13-16-9-5-3-6-10-16)23-20(21-14)25-15(2)19(24)22-17-11-7-4-8-12-17/h3,5-6,9-10,15,17H,4,7-8,11-13H2,1-2H3,(H,21,23)(H,22,24). The highest BCUT2D eigenvalue weighted by Gasteiger charge is 2.21. The zero-order valence-electron chi connectivity index (χ0n) is 15.0. The summed E-state index contributed by atoms with van der Waals surface area (Å²) in [7, 11) is 0. The molecule has 1 unspecified atom stereocenters. The van der Waals surface area contributed by atoms with Gasteiger partial charge in [0.1, 0.15) is 0 Å². The molecule has 1 aliphatic rings. The molecule has 1 atom stereocenters. The Bertz CT molecular complexity index is 692. The van der Waals surface area contributed by atoms with Crippen LogP contribution in [0.5, 0.6) is 0 Å². The number of benzene rings is 1. The number of aromatic amines is 1.